The van der Waals surface area contributed by atoms with Crippen LogP contribution in [0.4, 0.5) is 4.39 Å². The minimum atomic E-state index is -3.70. The highest BCUT2D eigenvalue weighted by atomic mass is 35.5. The number of hydrogen-bond acceptors (Lipinski definition) is 7. The van der Waals surface area contributed by atoms with Crippen molar-refractivity contribution in [3.05, 3.63) is 96.0 Å². The first-order valence-electron chi connectivity index (χ1n) is 10.7. The van der Waals surface area contributed by atoms with Crippen LogP contribution in [0, 0.1) is 5.82 Å². The Hall–Kier alpha value is -3.95. The number of ether oxygens (including phenoxy) is 1. The molecular weight excluding hydrogens is 503 g/mol. The van der Waals surface area contributed by atoms with Crippen molar-refractivity contribution in [1.29, 1.82) is 0 Å². The Kier molecular flexibility index (Phi) is 6.34. The molecule has 0 aliphatic heterocycles. The van der Waals surface area contributed by atoms with Crippen molar-refractivity contribution in [1.82, 2.24) is 19.9 Å². The lowest BCUT2D eigenvalue weighted by molar-refractivity contribution is 0.416. The second-order valence-electron chi connectivity index (χ2n) is 7.87. The van der Waals surface area contributed by atoms with Gasteiger partial charge in [0.05, 0.1) is 23.2 Å². The smallest absolute Gasteiger partial charge is 0.185 e. The van der Waals surface area contributed by atoms with Crippen LogP contribution in [0.5, 0.6) is 5.75 Å². The molecule has 10 heteroatoms. The zero-order chi connectivity index (χ0) is 25.3. The van der Waals surface area contributed by atoms with E-state index in [0.29, 0.717) is 44.1 Å². The van der Waals surface area contributed by atoms with Crippen LogP contribution in [0.15, 0.2) is 84.3 Å². The van der Waals surface area contributed by atoms with E-state index in [1.165, 1.54) is 50.1 Å². The van der Waals surface area contributed by atoms with E-state index in [1.807, 2.05) is 0 Å². The average Bonchev–Trinajstić information content (AvgIpc) is 2.88. The van der Waals surface area contributed by atoms with Gasteiger partial charge in [-0.15, -0.1) is 0 Å². The molecule has 5 aromatic rings. The number of sulfone groups is 1. The lowest BCUT2D eigenvalue weighted by Crippen LogP contribution is -2.08. The Balaban J connectivity index is 1.59. The Morgan fingerprint density at radius 2 is 1.72 bits per heavy atom. The quantitative estimate of drug-likeness (QED) is 0.290. The monoisotopic (exact) mass is 520 g/mol. The van der Waals surface area contributed by atoms with Gasteiger partial charge in [-0.3, -0.25) is 0 Å². The van der Waals surface area contributed by atoms with E-state index >= 15 is 0 Å². The summed E-state index contributed by atoms with van der Waals surface area (Å²) in [6.07, 6.45) is 4.34. The molecule has 0 N–H and O–H groups in total. The number of aromatic nitrogens is 4. The summed E-state index contributed by atoms with van der Waals surface area (Å²) in [5.41, 5.74) is 2.74. The second-order valence-corrected chi connectivity index (χ2v) is 10.3. The third kappa shape index (κ3) is 4.62. The summed E-state index contributed by atoms with van der Waals surface area (Å²) in [6, 6.07) is 15.8. The Morgan fingerprint density at radius 3 is 2.47 bits per heavy atom. The van der Waals surface area contributed by atoms with Crippen LogP contribution < -0.4 is 4.74 Å². The van der Waals surface area contributed by atoms with Crippen molar-refractivity contribution in [2.24, 2.45) is 0 Å². The summed E-state index contributed by atoms with van der Waals surface area (Å²) in [5, 5.41) is 0.991. The van der Waals surface area contributed by atoms with Crippen LogP contribution in [0.3, 0.4) is 0 Å². The third-order valence-electron chi connectivity index (χ3n) is 5.59. The standard InChI is InChI=1S/C26H18ClFN4O3S/c1-35-24-13-20(16-4-2-5-17(28)10-16)22(27)12-21(24)26-19-7-6-18(11-23(19)31-15-32-26)36(33,34)14-25-29-8-3-9-30-25/h2-13,15H,14H2,1H3. The molecule has 0 bridgehead atoms. The van der Waals surface area contributed by atoms with Crippen LogP contribution in [0.2, 0.25) is 5.02 Å². The molecule has 0 atom stereocenters. The maximum atomic E-state index is 13.8. The van der Waals surface area contributed by atoms with Crippen molar-refractivity contribution < 1.29 is 17.5 Å². The molecule has 0 radical (unpaired) electrons. The molecule has 2 aromatic heterocycles. The van der Waals surface area contributed by atoms with E-state index in [0.717, 1.165) is 0 Å². The average molecular weight is 521 g/mol. The molecule has 36 heavy (non-hydrogen) atoms. The first kappa shape index (κ1) is 23.8. The fraction of sp³-hybridized carbons (Fsp3) is 0.0769. The van der Waals surface area contributed by atoms with Gasteiger partial charge in [-0.1, -0.05) is 23.7 Å². The predicted molar refractivity (Wildman–Crippen MR) is 135 cm³/mol. The van der Waals surface area contributed by atoms with Crippen molar-refractivity contribution in [2.45, 2.75) is 10.6 Å². The summed E-state index contributed by atoms with van der Waals surface area (Å²) in [4.78, 5) is 16.8. The molecule has 0 spiro atoms. The highest BCUT2D eigenvalue weighted by molar-refractivity contribution is 7.90. The number of fused-ring (bicyclic) bond motifs is 1. The number of hydrogen-bond donors (Lipinski definition) is 0. The highest BCUT2D eigenvalue weighted by Crippen LogP contribution is 2.40. The van der Waals surface area contributed by atoms with Crippen LogP contribution in [0.1, 0.15) is 5.82 Å². The Labute approximate surface area is 211 Å². The predicted octanol–water partition coefficient (Wildman–Crippen LogP) is 5.53. The molecule has 0 unspecified atom stereocenters. The molecule has 0 fully saturated rings. The minimum absolute atomic E-state index is 0.0959. The minimum Gasteiger partial charge on any atom is -0.496 e. The third-order valence-corrected chi connectivity index (χ3v) is 7.51. The van der Waals surface area contributed by atoms with E-state index in [2.05, 4.69) is 19.9 Å². The van der Waals surface area contributed by atoms with E-state index < -0.39 is 9.84 Å². The van der Waals surface area contributed by atoms with Gasteiger partial charge in [0.2, 0.25) is 0 Å². The first-order chi connectivity index (χ1) is 17.4. The number of halogens is 2. The largest absolute Gasteiger partial charge is 0.496 e. The van der Waals surface area contributed by atoms with E-state index in [-0.39, 0.29) is 22.3 Å². The fourth-order valence-corrected chi connectivity index (χ4v) is 5.38. The van der Waals surface area contributed by atoms with Gasteiger partial charge in [0, 0.05) is 33.9 Å². The van der Waals surface area contributed by atoms with Crippen LogP contribution in [-0.4, -0.2) is 35.5 Å². The molecule has 0 saturated carbocycles. The molecule has 3 aromatic carbocycles. The zero-order valence-corrected chi connectivity index (χ0v) is 20.5. The molecule has 2 heterocycles. The van der Waals surface area contributed by atoms with Gasteiger partial charge in [0.1, 0.15) is 29.5 Å². The molecular formula is C26H18ClFN4O3S. The van der Waals surface area contributed by atoms with Crippen molar-refractivity contribution in [2.75, 3.05) is 7.11 Å². The summed E-state index contributed by atoms with van der Waals surface area (Å²) >= 11 is 6.60. The first-order valence-corrected chi connectivity index (χ1v) is 12.8. The summed E-state index contributed by atoms with van der Waals surface area (Å²) in [5.74, 6) is -0.0317. The number of nitrogens with zero attached hydrogens (tertiary/aromatic N) is 4. The molecule has 5 rings (SSSR count). The summed E-state index contributed by atoms with van der Waals surface area (Å²) < 4.78 is 45.3. The maximum absolute atomic E-state index is 13.8. The number of benzene rings is 3. The second kappa shape index (κ2) is 9.60. The highest BCUT2D eigenvalue weighted by Gasteiger charge is 2.20. The van der Waals surface area contributed by atoms with Gasteiger partial charge in [-0.2, -0.15) is 0 Å². The van der Waals surface area contributed by atoms with Gasteiger partial charge in [0.15, 0.2) is 9.84 Å². The van der Waals surface area contributed by atoms with Crippen molar-refractivity contribution in [3.8, 4) is 28.1 Å². The van der Waals surface area contributed by atoms with E-state index in [9.17, 15) is 12.8 Å². The molecule has 0 amide bonds. The SMILES string of the molecule is COc1cc(-c2cccc(F)c2)c(Cl)cc1-c1ncnc2cc(S(=O)(=O)Cc3ncccn3)ccc12. The Morgan fingerprint density at radius 1 is 0.917 bits per heavy atom. The van der Waals surface area contributed by atoms with E-state index in [1.54, 1.807) is 36.4 Å². The molecule has 0 aliphatic carbocycles. The zero-order valence-electron chi connectivity index (χ0n) is 18.9. The van der Waals surface area contributed by atoms with Crippen molar-refractivity contribution in [3.63, 3.8) is 0 Å². The summed E-state index contributed by atoms with van der Waals surface area (Å²) in [6.45, 7) is 0. The van der Waals surface area contributed by atoms with Crippen LogP contribution in [0.25, 0.3) is 33.3 Å². The number of rotatable bonds is 6. The van der Waals surface area contributed by atoms with E-state index in [4.69, 9.17) is 16.3 Å². The van der Waals surface area contributed by atoms with Gasteiger partial charge < -0.3 is 4.74 Å². The lowest BCUT2D eigenvalue weighted by atomic mass is 9.99. The molecule has 0 aliphatic rings. The van der Waals surface area contributed by atoms with Gasteiger partial charge in [0.25, 0.3) is 0 Å². The topological polar surface area (TPSA) is 94.9 Å². The van der Waals surface area contributed by atoms with Gasteiger partial charge >= 0.3 is 0 Å². The summed E-state index contributed by atoms with van der Waals surface area (Å²) in [7, 11) is -2.19. The maximum Gasteiger partial charge on any atom is 0.185 e. The molecule has 0 saturated heterocycles. The Bertz CT molecular complexity index is 1700. The number of methoxy groups -OCH3 is 1. The van der Waals surface area contributed by atoms with Gasteiger partial charge in [-0.25, -0.2) is 32.7 Å². The van der Waals surface area contributed by atoms with Gasteiger partial charge in [-0.05, 0) is 54.1 Å². The lowest BCUT2D eigenvalue weighted by Gasteiger charge is -2.14. The van der Waals surface area contributed by atoms with Crippen LogP contribution >= 0.6 is 11.6 Å². The molecule has 7 nitrogen and oxygen atoms in total. The molecule has 180 valence electrons. The fourth-order valence-electron chi connectivity index (χ4n) is 3.89. The normalized spacial score (nSPS) is 11.5. The van der Waals surface area contributed by atoms with Crippen molar-refractivity contribution >= 4 is 32.3 Å². The van der Waals surface area contributed by atoms with Crippen LogP contribution in [-0.2, 0) is 15.6 Å².